The summed E-state index contributed by atoms with van der Waals surface area (Å²) in [6.45, 7) is 3.88. The molecule has 0 saturated carbocycles. The van der Waals surface area contributed by atoms with Crippen LogP contribution in [0.2, 0.25) is 4.34 Å². The Morgan fingerprint density at radius 1 is 1.42 bits per heavy atom. The molecule has 19 heavy (non-hydrogen) atoms. The van der Waals surface area contributed by atoms with Crippen LogP contribution in [0.3, 0.4) is 0 Å². The topological polar surface area (TPSA) is 34.5 Å². The van der Waals surface area contributed by atoms with Gasteiger partial charge in [0.1, 0.15) is 14.7 Å². The molecule has 0 aliphatic rings. The summed E-state index contributed by atoms with van der Waals surface area (Å²) in [7, 11) is 0. The Bertz CT molecular complexity index is 638. The molecule has 0 aliphatic carbocycles. The predicted octanol–water partition coefficient (Wildman–Crippen LogP) is 5.70. The SMILES string of the molecule is Cc1cc(Oc2nc(Br)c(Cl)s2)cc(C)c1N=C=S. The molecule has 2 aromatic rings. The molecular formula is C12H8BrClN2OS2. The number of ether oxygens (including phenoxy) is 1. The molecule has 0 unspecified atom stereocenters. The minimum atomic E-state index is 0.488. The molecule has 1 aromatic heterocycles. The molecule has 98 valence electrons. The van der Waals surface area contributed by atoms with Gasteiger partial charge in [-0.05, 0) is 65.3 Å². The zero-order chi connectivity index (χ0) is 14.0. The van der Waals surface area contributed by atoms with Gasteiger partial charge < -0.3 is 4.74 Å². The van der Waals surface area contributed by atoms with Gasteiger partial charge in [-0.15, -0.1) is 0 Å². The van der Waals surface area contributed by atoms with Crippen LogP contribution < -0.4 is 4.74 Å². The summed E-state index contributed by atoms with van der Waals surface area (Å²) in [5.41, 5.74) is 2.75. The summed E-state index contributed by atoms with van der Waals surface area (Å²) in [5.74, 6) is 0.691. The van der Waals surface area contributed by atoms with Crippen molar-refractivity contribution in [2.75, 3.05) is 0 Å². The van der Waals surface area contributed by atoms with Gasteiger partial charge >= 0.3 is 0 Å². The maximum absolute atomic E-state index is 5.92. The van der Waals surface area contributed by atoms with E-state index in [1.165, 1.54) is 11.3 Å². The second-order valence-electron chi connectivity index (χ2n) is 3.76. The number of isothiocyanates is 1. The average Bonchev–Trinajstić information content (AvgIpc) is 2.63. The average molecular weight is 376 g/mol. The summed E-state index contributed by atoms with van der Waals surface area (Å²) in [5, 5.41) is 2.87. The first-order chi connectivity index (χ1) is 9.01. The summed E-state index contributed by atoms with van der Waals surface area (Å²) >= 11 is 15.1. The third-order valence-corrected chi connectivity index (χ3v) is 4.64. The summed E-state index contributed by atoms with van der Waals surface area (Å²) in [6.07, 6.45) is 0. The number of hydrogen-bond acceptors (Lipinski definition) is 5. The van der Waals surface area contributed by atoms with Crippen LogP contribution in [-0.4, -0.2) is 10.1 Å². The van der Waals surface area contributed by atoms with Crippen LogP contribution in [0, 0.1) is 13.8 Å². The Labute approximate surface area is 133 Å². The molecule has 0 fully saturated rings. The molecular weight excluding hydrogens is 368 g/mol. The number of hydrogen-bond donors (Lipinski definition) is 0. The second-order valence-corrected chi connectivity index (χ2v) is 6.25. The van der Waals surface area contributed by atoms with E-state index in [2.05, 4.69) is 43.3 Å². The summed E-state index contributed by atoms with van der Waals surface area (Å²) in [4.78, 5) is 8.19. The first-order valence-corrected chi connectivity index (χ1v) is 7.59. The van der Waals surface area contributed by atoms with Crippen molar-refractivity contribution in [3.63, 3.8) is 0 Å². The van der Waals surface area contributed by atoms with Crippen molar-refractivity contribution in [3.05, 3.63) is 32.2 Å². The minimum absolute atomic E-state index is 0.488. The van der Waals surface area contributed by atoms with Gasteiger partial charge in [-0.25, -0.2) is 0 Å². The third-order valence-electron chi connectivity index (χ3n) is 2.36. The molecule has 1 heterocycles. The molecule has 0 N–H and O–H groups in total. The highest BCUT2D eigenvalue weighted by Gasteiger charge is 2.10. The van der Waals surface area contributed by atoms with Gasteiger partial charge in [0, 0.05) is 0 Å². The molecule has 2 rings (SSSR count). The molecule has 0 spiro atoms. The number of nitrogens with zero attached hydrogens (tertiary/aromatic N) is 2. The molecule has 0 amide bonds. The number of aliphatic imine (C=N–C) groups is 1. The van der Waals surface area contributed by atoms with Gasteiger partial charge in [-0.1, -0.05) is 22.9 Å². The number of rotatable bonds is 3. The van der Waals surface area contributed by atoms with Crippen molar-refractivity contribution in [2.24, 2.45) is 4.99 Å². The van der Waals surface area contributed by atoms with Crippen molar-refractivity contribution in [2.45, 2.75) is 13.8 Å². The van der Waals surface area contributed by atoms with Crippen molar-refractivity contribution in [1.29, 1.82) is 0 Å². The van der Waals surface area contributed by atoms with E-state index in [9.17, 15) is 0 Å². The Kier molecular flexibility index (Phi) is 4.71. The lowest BCUT2D eigenvalue weighted by Crippen LogP contribution is -1.87. The van der Waals surface area contributed by atoms with Crippen LogP contribution in [-0.2, 0) is 0 Å². The Morgan fingerprint density at radius 3 is 2.53 bits per heavy atom. The van der Waals surface area contributed by atoms with Crippen LogP contribution in [0.15, 0.2) is 21.7 Å². The van der Waals surface area contributed by atoms with E-state index in [0.29, 0.717) is 19.9 Å². The van der Waals surface area contributed by atoms with E-state index in [1.807, 2.05) is 26.0 Å². The van der Waals surface area contributed by atoms with Crippen LogP contribution in [0.5, 0.6) is 10.9 Å². The van der Waals surface area contributed by atoms with Crippen molar-refractivity contribution >= 4 is 61.9 Å². The standard InChI is InChI=1S/C12H8BrClN2OS2/c1-6-3-8(4-7(2)9(6)15-5-18)17-12-16-10(13)11(14)19-12/h3-4H,1-2H3. The zero-order valence-corrected chi connectivity index (χ0v) is 14.0. The first-order valence-electron chi connectivity index (χ1n) is 5.20. The van der Waals surface area contributed by atoms with Crippen molar-refractivity contribution in [1.82, 2.24) is 4.98 Å². The second kappa shape index (κ2) is 6.11. The number of benzene rings is 1. The van der Waals surface area contributed by atoms with Crippen LogP contribution in [0.1, 0.15) is 11.1 Å². The number of thiocarbonyl (C=S) groups is 1. The maximum Gasteiger partial charge on any atom is 0.281 e. The monoisotopic (exact) mass is 374 g/mol. The van der Waals surface area contributed by atoms with Gasteiger partial charge in [-0.2, -0.15) is 9.98 Å². The molecule has 0 radical (unpaired) electrons. The number of aryl methyl sites for hydroxylation is 2. The van der Waals surface area contributed by atoms with Crippen LogP contribution in [0.25, 0.3) is 0 Å². The minimum Gasteiger partial charge on any atom is -0.431 e. The summed E-state index contributed by atoms with van der Waals surface area (Å²) in [6, 6.07) is 3.75. The molecule has 0 saturated heterocycles. The van der Waals surface area contributed by atoms with Gasteiger partial charge in [0.05, 0.1) is 10.8 Å². The lowest BCUT2D eigenvalue weighted by molar-refractivity contribution is 0.477. The number of thiazole rings is 1. The van der Waals surface area contributed by atoms with Crippen LogP contribution in [0.4, 0.5) is 5.69 Å². The van der Waals surface area contributed by atoms with E-state index < -0.39 is 0 Å². The molecule has 3 nitrogen and oxygen atoms in total. The van der Waals surface area contributed by atoms with E-state index in [0.717, 1.165) is 16.8 Å². The van der Waals surface area contributed by atoms with Gasteiger partial charge in [0.15, 0.2) is 0 Å². The van der Waals surface area contributed by atoms with Crippen molar-refractivity contribution in [3.8, 4) is 10.9 Å². The predicted molar refractivity (Wildman–Crippen MR) is 85.5 cm³/mol. The number of aromatic nitrogens is 1. The summed E-state index contributed by atoms with van der Waals surface area (Å²) < 4.78 is 6.83. The van der Waals surface area contributed by atoms with E-state index >= 15 is 0 Å². The zero-order valence-electron chi connectivity index (χ0n) is 10.0. The fourth-order valence-corrected chi connectivity index (χ4v) is 3.02. The lowest BCUT2D eigenvalue weighted by atomic mass is 10.1. The first kappa shape index (κ1) is 14.6. The van der Waals surface area contributed by atoms with E-state index in [1.54, 1.807) is 0 Å². The fourth-order valence-electron chi connectivity index (χ4n) is 1.61. The molecule has 0 bridgehead atoms. The molecule has 1 aromatic carbocycles. The number of halogens is 2. The fraction of sp³-hybridized carbons (Fsp3) is 0.167. The quantitative estimate of drug-likeness (QED) is 0.509. The highest BCUT2D eigenvalue weighted by molar-refractivity contribution is 9.10. The molecule has 0 aliphatic heterocycles. The Hall–Kier alpha value is -0.780. The largest absolute Gasteiger partial charge is 0.431 e. The highest BCUT2D eigenvalue weighted by atomic mass is 79.9. The highest BCUT2D eigenvalue weighted by Crippen LogP contribution is 2.37. The maximum atomic E-state index is 5.92. The Morgan fingerprint density at radius 2 is 2.05 bits per heavy atom. The third kappa shape index (κ3) is 3.41. The molecule has 7 heteroatoms. The smallest absolute Gasteiger partial charge is 0.281 e. The van der Waals surface area contributed by atoms with Gasteiger partial charge in [0.2, 0.25) is 0 Å². The van der Waals surface area contributed by atoms with E-state index in [4.69, 9.17) is 16.3 Å². The lowest BCUT2D eigenvalue weighted by Gasteiger charge is -2.07. The molecule has 0 atom stereocenters. The Balaban J connectivity index is 2.34. The van der Waals surface area contributed by atoms with E-state index in [-0.39, 0.29) is 0 Å². The van der Waals surface area contributed by atoms with Gasteiger partial charge in [0.25, 0.3) is 5.19 Å². The van der Waals surface area contributed by atoms with Crippen molar-refractivity contribution < 1.29 is 4.74 Å². The van der Waals surface area contributed by atoms with Gasteiger partial charge in [-0.3, -0.25) is 0 Å². The normalized spacial score (nSPS) is 10.1. The van der Waals surface area contributed by atoms with Crippen LogP contribution >= 0.6 is 51.1 Å².